The number of aryl methyl sites for hydroxylation is 1. The van der Waals surface area contributed by atoms with Crippen LogP contribution in [0.4, 0.5) is 11.9 Å². The highest BCUT2D eigenvalue weighted by molar-refractivity contribution is 7.99. The molecule has 1 fully saturated rings. The fourth-order valence-electron chi connectivity index (χ4n) is 3.22. The standard InChI is InChI=1S/C21H28N8OS/c1-16-7-9-17(10-8-16)30-13-14-31-21-22-15-29(26-21)20-24-18(27(2)3)23-19(25-20)28-11-5-4-6-12-28/h7-10,15H,4-6,11-14H2,1-3H3. The molecule has 1 aliphatic heterocycles. The molecule has 0 saturated carbocycles. The molecule has 0 N–H and O–H groups in total. The summed E-state index contributed by atoms with van der Waals surface area (Å²) in [6.07, 6.45) is 5.23. The van der Waals surface area contributed by atoms with Crippen molar-refractivity contribution >= 4 is 23.7 Å². The van der Waals surface area contributed by atoms with Crippen LogP contribution in [0.5, 0.6) is 5.75 Å². The smallest absolute Gasteiger partial charge is 0.258 e. The summed E-state index contributed by atoms with van der Waals surface area (Å²) in [5.74, 6) is 3.41. The maximum atomic E-state index is 5.77. The van der Waals surface area contributed by atoms with Gasteiger partial charge in [0.1, 0.15) is 12.1 Å². The van der Waals surface area contributed by atoms with Gasteiger partial charge < -0.3 is 14.5 Å². The lowest BCUT2D eigenvalue weighted by atomic mass is 10.1. The molecule has 0 aliphatic carbocycles. The van der Waals surface area contributed by atoms with Crippen LogP contribution in [0.15, 0.2) is 35.7 Å². The predicted molar refractivity (Wildman–Crippen MR) is 123 cm³/mol. The van der Waals surface area contributed by atoms with Crippen LogP contribution < -0.4 is 14.5 Å². The summed E-state index contributed by atoms with van der Waals surface area (Å²) in [5, 5.41) is 5.21. The van der Waals surface area contributed by atoms with Crippen molar-refractivity contribution in [3.8, 4) is 11.7 Å². The number of benzene rings is 1. The quantitative estimate of drug-likeness (QED) is 0.387. The number of piperidine rings is 1. The van der Waals surface area contributed by atoms with Gasteiger partial charge in [-0.25, -0.2) is 4.98 Å². The second-order valence-corrected chi connectivity index (χ2v) is 8.72. The van der Waals surface area contributed by atoms with Crippen LogP contribution in [-0.2, 0) is 0 Å². The summed E-state index contributed by atoms with van der Waals surface area (Å²) in [5.41, 5.74) is 1.22. The minimum atomic E-state index is 0.481. The lowest BCUT2D eigenvalue weighted by Gasteiger charge is -2.27. The molecule has 0 spiro atoms. The zero-order valence-electron chi connectivity index (χ0n) is 18.2. The van der Waals surface area contributed by atoms with E-state index in [9.17, 15) is 0 Å². The molecule has 4 rings (SSSR count). The lowest BCUT2D eigenvalue weighted by Crippen LogP contribution is -2.32. The molecule has 0 unspecified atom stereocenters. The van der Waals surface area contributed by atoms with Crippen LogP contribution in [0.3, 0.4) is 0 Å². The zero-order valence-corrected chi connectivity index (χ0v) is 19.0. The molecule has 0 atom stereocenters. The fourth-order valence-corrected chi connectivity index (χ4v) is 3.84. The molecule has 0 amide bonds. The molecule has 1 aliphatic rings. The van der Waals surface area contributed by atoms with Gasteiger partial charge in [0.2, 0.25) is 17.1 Å². The first-order chi connectivity index (χ1) is 15.1. The normalized spacial score (nSPS) is 14.0. The van der Waals surface area contributed by atoms with Crippen LogP contribution in [0.25, 0.3) is 5.95 Å². The van der Waals surface area contributed by atoms with Crippen LogP contribution in [0.1, 0.15) is 24.8 Å². The van der Waals surface area contributed by atoms with Crippen molar-refractivity contribution in [3.63, 3.8) is 0 Å². The third-order valence-corrected chi connectivity index (χ3v) is 5.73. The van der Waals surface area contributed by atoms with Crippen molar-refractivity contribution in [2.24, 2.45) is 0 Å². The number of hydrogen-bond acceptors (Lipinski definition) is 9. The molecular weight excluding hydrogens is 412 g/mol. The van der Waals surface area contributed by atoms with Crippen LogP contribution >= 0.6 is 11.8 Å². The SMILES string of the molecule is Cc1ccc(OCCSc2ncn(-c3nc(N(C)C)nc(N4CCCCC4)n3)n2)cc1. The Morgan fingerprint density at radius 1 is 1.00 bits per heavy atom. The summed E-state index contributed by atoms with van der Waals surface area (Å²) in [6.45, 7) is 4.58. The van der Waals surface area contributed by atoms with Gasteiger partial charge in [-0.05, 0) is 38.3 Å². The van der Waals surface area contributed by atoms with E-state index >= 15 is 0 Å². The highest BCUT2D eigenvalue weighted by Crippen LogP contribution is 2.20. The fraction of sp³-hybridized carbons (Fsp3) is 0.476. The topological polar surface area (TPSA) is 85.1 Å². The monoisotopic (exact) mass is 440 g/mol. The lowest BCUT2D eigenvalue weighted by molar-refractivity contribution is 0.344. The zero-order chi connectivity index (χ0) is 21.6. The van der Waals surface area contributed by atoms with Crippen molar-refractivity contribution in [1.82, 2.24) is 29.7 Å². The van der Waals surface area contributed by atoms with Gasteiger partial charge in [-0.1, -0.05) is 29.5 Å². The summed E-state index contributed by atoms with van der Waals surface area (Å²) in [7, 11) is 3.85. The molecule has 164 valence electrons. The molecule has 31 heavy (non-hydrogen) atoms. The Balaban J connectivity index is 1.41. The molecule has 1 aromatic carbocycles. The van der Waals surface area contributed by atoms with Crippen LogP contribution in [0.2, 0.25) is 0 Å². The van der Waals surface area contributed by atoms with E-state index in [-0.39, 0.29) is 0 Å². The predicted octanol–water partition coefficient (Wildman–Crippen LogP) is 2.99. The van der Waals surface area contributed by atoms with Gasteiger partial charge >= 0.3 is 0 Å². The average molecular weight is 441 g/mol. The number of ether oxygens (including phenoxy) is 1. The molecule has 10 heteroatoms. The largest absolute Gasteiger partial charge is 0.493 e. The second-order valence-electron chi connectivity index (χ2n) is 7.66. The maximum absolute atomic E-state index is 5.77. The number of thioether (sulfide) groups is 1. The van der Waals surface area contributed by atoms with Gasteiger partial charge in [-0.2, -0.15) is 19.6 Å². The van der Waals surface area contributed by atoms with Gasteiger partial charge in [-0.3, -0.25) is 0 Å². The van der Waals surface area contributed by atoms with Gasteiger partial charge in [0.05, 0.1) is 6.61 Å². The summed E-state index contributed by atoms with van der Waals surface area (Å²) >= 11 is 1.54. The van der Waals surface area contributed by atoms with E-state index < -0.39 is 0 Å². The van der Waals surface area contributed by atoms with E-state index in [4.69, 9.17) is 4.74 Å². The number of rotatable bonds is 8. The number of anilines is 2. The van der Waals surface area contributed by atoms with Crippen LogP contribution in [-0.4, -0.2) is 69.3 Å². The minimum absolute atomic E-state index is 0.481. The first-order valence-corrected chi connectivity index (χ1v) is 11.5. The second kappa shape index (κ2) is 9.95. The van der Waals surface area contributed by atoms with Gasteiger partial charge in [0.15, 0.2) is 0 Å². The molecule has 0 bridgehead atoms. The van der Waals surface area contributed by atoms with Crippen molar-refractivity contribution < 1.29 is 4.74 Å². The Morgan fingerprint density at radius 3 is 2.48 bits per heavy atom. The van der Waals surface area contributed by atoms with Gasteiger partial charge in [0.25, 0.3) is 5.95 Å². The van der Waals surface area contributed by atoms with E-state index in [1.165, 1.54) is 12.0 Å². The Bertz CT molecular complexity index is 985. The number of nitrogens with zero attached hydrogens (tertiary/aromatic N) is 8. The van der Waals surface area contributed by atoms with Crippen molar-refractivity contribution in [1.29, 1.82) is 0 Å². The number of aromatic nitrogens is 6. The first-order valence-electron chi connectivity index (χ1n) is 10.5. The van der Waals surface area contributed by atoms with Gasteiger partial charge in [0, 0.05) is 32.9 Å². The van der Waals surface area contributed by atoms with Crippen LogP contribution in [0, 0.1) is 6.92 Å². The van der Waals surface area contributed by atoms with Crippen molar-refractivity contribution in [2.45, 2.75) is 31.3 Å². The highest BCUT2D eigenvalue weighted by Gasteiger charge is 2.18. The Morgan fingerprint density at radius 2 is 1.74 bits per heavy atom. The van der Waals surface area contributed by atoms with E-state index in [1.807, 2.05) is 43.3 Å². The Kier molecular flexibility index (Phi) is 6.86. The molecular formula is C21H28N8OS. The Labute approximate surface area is 186 Å². The first kappa shape index (κ1) is 21.4. The van der Waals surface area contributed by atoms with Crippen molar-refractivity contribution in [3.05, 3.63) is 36.2 Å². The number of hydrogen-bond donors (Lipinski definition) is 0. The molecule has 1 saturated heterocycles. The summed E-state index contributed by atoms with van der Waals surface area (Å²) in [6, 6.07) is 8.05. The molecule has 0 radical (unpaired) electrons. The van der Waals surface area contributed by atoms with E-state index in [2.05, 4.69) is 36.9 Å². The van der Waals surface area contributed by atoms with Crippen molar-refractivity contribution in [2.75, 3.05) is 49.3 Å². The van der Waals surface area contributed by atoms with E-state index in [1.54, 1.807) is 22.8 Å². The average Bonchev–Trinajstić information content (AvgIpc) is 3.27. The summed E-state index contributed by atoms with van der Waals surface area (Å²) < 4.78 is 7.39. The molecule has 9 nitrogen and oxygen atoms in total. The third kappa shape index (κ3) is 5.63. The van der Waals surface area contributed by atoms with Gasteiger partial charge in [-0.15, -0.1) is 5.10 Å². The highest BCUT2D eigenvalue weighted by atomic mass is 32.2. The molecule has 2 aromatic heterocycles. The minimum Gasteiger partial charge on any atom is -0.493 e. The third-order valence-electron chi connectivity index (χ3n) is 4.92. The molecule has 3 heterocycles. The molecule has 3 aromatic rings. The summed E-state index contributed by atoms with van der Waals surface area (Å²) in [4.78, 5) is 22.4. The Hall–Kier alpha value is -2.88. The van der Waals surface area contributed by atoms with E-state index in [0.717, 1.165) is 37.4 Å². The maximum Gasteiger partial charge on any atom is 0.258 e. The van der Waals surface area contributed by atoms with E-state index in [0.29, 0.717) is 29.6 Å².